The summed E-state index contributed by atoms with van der Waals surface area (Å²) in [4.78, 5) is 10.2. The average Bonchev–Trinajstić information content (AvgIpc) is 1.84. The van der Waals surface area contributed by atoms with Crippen LogP contribution >= 0.6 is 0 Å². The molecule has 44 valence electrons. The summed E-state index contributed by atoms with van der Waals surface area (Å²) < 4.78 is 4.12. The number of carbonyl (C=O) groups is 1. The van der Waals surface area contributed by atoms with Gasteiger partial charge in [-0.2, -0.15) is 5.26 Å². The molecule has 1 atom stereocenters. The van der Waals surface area contributed by atoms with Crippen LogP contribution in [0.25, 0.3) is 0 Å². The molecule has 8 heavy (non-hydrogen) atoms. The van der Waals surface area contributed by atoms with E-state index in [4.69, 9.17) is 11.0 Å². The van der Waals surface area contributed by atoms with Crippen LogP contribution in [0, 0.1) is 11.3 Å². The molecule has 0 unspecified atom stereocenters. The van der Waals surface area contributed by atoms with E-state index in [0.29, 0.717) is 0 Å². The Morgan fingerprint density at radius 1 is 2.00 bits per heavy atom. The first-order valence-electron chi connectivity index (χ1n) is 1.95. The van der Waals surface area contributed by atoms with Crippen molar-refractivity contribution in [2.24, 2.45) is 5.73 Å². The van der Waals surface area contributed by atoms with Crippen molar-refractivity contribution in [3.05, 3.63) is 0 Å². The molecule has 0 amide bonds. The van der Waals surface area contributed by atoms with Crippen LogP contribution in [-0.2, 0) is 9.53 Å². The second-order valence-electron chi connectivity index (χ2n) is 1.13. The number of nitrogens with two attached hydrogens (primary N) is 1. The van der Waals surface area contributed by atoms with Crippen LogP contribution in [0.15, 0.2) is 0 Å². The monoisotopic (exact) mass is 114 g/mol. The number of nitriles is 1. The first-order valence-corrected chi connectivity index (χ1v) is 1.95. The molecule has 0 radical (unpaired) electrons. The number of hydrogen-bond acceptors (Lipinski definition) is 4. The molecular formula is C4H6N2O2. The largest absolute Gasteiger partial charge is 0.467 e. The number of rotatable bonds is 1. The first-order chi connectivity index (χ1) is 3.72. The van der Waals surface area contributed by atoms with Crippen LogP contribution in [-0.4, -0.2) is 19.1 Å². The van der Waals surface area contributed by atoms with Gasteiger partial charge in [0.1, 0.15) is 0 Å². The summed E-state index contributed by atoms with van der Waals surface area (Å²) in [6, 6.07) is 0.380. The van der Waals surface area contributed by atoms with Gasteiger partial charge in [-0.25, -0.2) is 4.79 Å². The van der Waals surface area contributed by atoms with E-state index in [9.17, 15) is 4.79 Å². The normalized spacial score (nSPS) is 11.6. The third-order valence-electron chi connectivity index (χ3n) is 0.594. The van der Waals surface area contributed by atoms with Crippen LogP contribution in [0.2, 0.25) is 0 Å². The SMILES string of the molecule is COC(=O)[C@H](N)C#N. The van der Waals surface area contributed by atoms with Gasteiger partial charge in [-0.3, -0.25) is 0 Å². The smallest absolute Gasteiger partial charge is 0.337 e. The minimum absolute atomic E-state index is 0.701. The summed E-state index contributed by atoms with van der Waals surface area (Å²) in [5.41, 5.74) is 4.89. The molecule has 0 saturated carbocycles. The zero-order valence-electron chi connectivity index (χ0n) is 4.42. The summed E-state index contributed by atoms with van der Waals surface area (Å²) in [6.45, 7) is 0. The van der Waals surface area contributed by atoms with Gasteiger partial charge in [0.2, 0.25) is 0 Å². The molecule has 0 aliphatic heterocycles. The van der Waals surface area contributed by atoms with Crippen molar-refractivity contribution in [2.75, 3.05) is 7.11 Å². The minimum atomic E-state index is -1.14. The van der Waals surface area contributed by atoms with Crippen molar-refractivity contribution < 1.29 is 9.53 Å². The summed E-state index contributed by atoms with van der Waals surface area (Å²) in [5, 5.41) is 7.96. The number of nitrogens with zero attached hydrogens (tertiary/aromatic N) is 1. The third kappa shape index (κ3) is 1.58. The Labute approximate surface area is 46.8 Å². The van der Waals surface area contributed by atoms with Gasteiger partial charge in [0.05, 0.1) is 13.2 Å². The molecule has 0 aromatic heterocycles. The Hall–Kier alpha value is -1.08. The molecule has 0 spiro atoms. The van der Waals surface area contributed by atoms with Crippen LogP contribution in [0.4, 0.5) is 0 Å². The molecular weight excluding hydrogens is 108 g/mol. The van der Waals surface area contributed by atoms with E-state index in [1.165, 1.54) is 13.2 Å². The van der Waals surface area contributed by atoms with Crippen molar-refractivity contribution in [1.82, 2.24) is 0 Å². The van der Waals surface area contributed by atoms with E-state index >= 15 is 0 Å². The number of carbonyl (C=O) groups excluding carboxylic acids is 1. The highest BCUT2D eigenvalue weighted by Gasteiger charge is 2.10. The van der Waals surface area contributed by atoms with Gasteiger partial charge in [-0.1, -0.05) is 0 Å². The lowest BCUT2D eigenvalue weighted by Gasteiger charge is -1.95. The Balaban J connectivity index is 3.68. The standard InChI is InChI=1S/C4H6N2O2/c1-8-4(7)3(6)2-5/h3H,6H2,1H3/t3-/m1/s1. The summed E-state index contributed by atoms with van der Waals surface area (Å²) in [5.74, 6) is -0.701. The molecule has 0 bridgehead atoms. The lowest BCUT2D eigenvalue weighted by atomic mass is 10.4. The number of esters is 1. The van der Waals surface area contributed by atoms with Gasteiger partial charge < -0.3 is 10.5 Å². The fourth-order valence-corrected chi connectivity index (χ4v) is 0.180. The number of hydrogen-bond donors (Lipinski definition) is 1. The Kier molecular flexibility index (Phi) is 2.59. The quantitative estimate of drug-likeness (QED) is 0.444. The van der Waals surface area contributed by atoms with Crippen molar-refractivity contribution in [2.45, 2.75) is 6.04 Å². The van der Waals surface area contributed by atoms with Crippen LogP contribution in [0.5, 0.6) is 0 Å². The molecule has 0 aromatic rings. The summed E-state index contributed by atoms with van der Waals surface area (Å²) in [7, 11) is 1.18. The van der Waals surface area contributed by atoms with Gasteiger partial charge in [0.25, 0.3) is 0 Å². The fourth-order valence-electron chi connectivity index (χ4n) is 0.180. The van der Waals surface area contributed by atoms with E-state index in [1.54, 1.807) is 0 Å². The van der Waals surface area contributed by atoms with Gasteiger partial charge in [-0.05, 0) is 0 Å². The van der Waals surface area contributed by atoms with Crippen molar-refractivity contribution in [1.29, 1.82) is 5.26 Å². The fraction of sp³-hybridized carbons (Fsp3) is 0.500. The zero-order valence-corrected chi connectivity index (χ0v) is 4.42. The Morgan fingerprint density at radius 3 is 2.62 bits per heavy atom. The molecule has 4 heteroatoms. The maximum atomic E-state index is 10.2. The number of methoxy groups -OCH3 is 1. The molecule has 2 N–H and O–H groups in total. The van der Waals surface area contributed by atoms with Gasteiger partial charge in [0, 0.05) is 0 Å². The third-order valence-corrected chi connectivity index (χ3v) is 0.594. The van der Waals surface area contributed by atoms with Gasteiger partial charge in [0.15, 0.2) is 6.04 Å². The summed E-state index contributed by atoms with van der Waals surface area (Å²) in [6.07, 6.45) is 0. The summed E-state index contributed by atoms with van der Waals surface area (Å²) >= 11 is 0. The molecule has 0 aromatic carbocycles. The van der Waals surface area contributed by atoms with E-state index < -0.39 is 12.0 Å². The van der Waals surface area contributed by atoms with Crippen LogP contribution in [0.3, 0.4) is 0 Å². The Bertz CT molecular complexity index is 126. The number of ether oxygens (including phenoxy) is 1. The van der Waals surface area contributed by atoms with E-state index in [2.05, 4.69) is 4.74 Å². The lowest BCUT2D eigenvalue weighted by molar-refractivity contribution is -0.140. The van der Waals surface area contributed by atoms with Gasteiger partial charge in [-0.15, -0.1) is 0 Å². The highest BCUT2D eigenvalue weighted by Crippen LogP contribution is 1.77. The predicted octanol–water partition coefficient (Wildman–Crippen LogP) is -0.990. The van der Waals surface area contributed by atoms with E-state index in [0.717, 1.165) is 0 Å². The maximum Gasteiger partial charge on any atom is 0.337 e. The predicted molar refractivity (Wildman–Crippen MR) is 25.6 cm³/mol. The molecule has 4 nitrogen and oxygen atoms in total. The average molecular weight is 114 g/mol. The Morgan fingerprint density at radius 2 is 2.50 bits per heavy atom. The molecule has 0 rings (SSSR count). The molecule has 0 aliphatic carbocycles. The lowest BCUT2D eigenvalue weighted by Crippen LogP contribution is -2.29. The van der Waals surface area contributed by atoms with E-state index in [-0.39, 0.29) is 0 Å². The highest BCUT2D eigenvalue weighted by molar-refractivity contribution is 5.78. The van der Waals surface area contributed by atoms with E-state index in [1.807, 2.05) is 0 Å². The van der Waals surface area contributed by atoms with Crippen LogP contribution < -0.4 is 5.73 Å². The maximum absolute atomic E-state index is 10.2. The first kappa shape index (κ1) is 6.92. The molecule has 0 aliphatic rings. The second-order valence-corrected chi connectivity index (χ2v) is 1.13. The molecule has 0 heterocycles. The van der Waals surface area contributed by atoms with Crippen molar-refractivity contribution in [3.8, 4) is 6.07 Å². The van der Waals surface area contributed by atoms with Gasteiger partial charge >= 0.3 is 5.97 Å². The zero-order chi connectivity index (χ0) is 6.57. The molecule has 0 fully saturated rings. The van der Waals surface area contributed by atoms with Crippen LogP contribution in [0.1, 0.15) is 0 Å². The molecule has 0 saturated heterocycles. The topological polar surface area (TPSA) is 76.1 Å². The highest BCUT2D eigenvalue weighted by atomic mass is 16.5. The van der Waals surface area contributed by atoms with Crippen molar-refractivity contribution >= 4 is 5.97 Å². The second kappa shape index (κ2) is 2.99. The van der Waals surface area contributed by atoms with Crippen molar-refractivity contribution in [3.63, 3.8) is 0 Å². The minimum Gasteiger partial charge on any atom is -0.467 e.